The highest BCUT2D eigenvalue weighted by atomic mass is 16.5. The molecule has 0 saturated carbocycles. The van der Waals surface area contributed by atoms with Crippen LogP contribution >= 0.6 is 0 Å². The van der Waals surface area contributed by atoms with Gasteiger partial charge in [-0.1, -0.05) is 26.0 Å². The molecule has 100 valence electrons. The number of methoxy groups -OCH3 is 1. The molecule has 0 radical (unpaired) electrons. The highest BCUT2D eigenvalue weighted by molar-refractivity contribution is 5.71. The number of allylic oxidation sites excluding steroid dienone is 1. The minimum atomic E-state index is 0.503. The third-order valence-electron chi connectivity index (χ3n) is 3.42. The van der Waals surface area contributed by atoms with E-state index in [1.807, 2.05) is 0 Å². The topological polar surface area (TPSA) is 35.2 Å². The average molecular weight is 247 g/mol. The Morgan fingerprint density at radius 3 is 2.44 bits per heavy atom. The van der Waals surface area contributed by atoms with Crippen LogP contribution in [0.4, 0.5) is 0 Å². The highest BCUT2D eigenvalue weighted by Gasteiger charge is 2.12. The maximum Gasteiger partial charge on any atom is 0.122 e. The number of rotatable bonds is 5. The van der Waals surface area contributed by atoms with Gasteiger partial charge in [0.2, 0.25) is 0 Å². The molecule has 0 heterocycles. The molecule has 2 N–H and O–H groups in total. The van der Waals surface area contributed by atoms with Crippen LogP contribution in [0.15, 0.2) is 18.2 Å². The molecule has 0 spiro atoms. The second kappa shape index (κ2) is 6.60. The van der Waals surface area contributed by atoms with Crippen molar-refractivity contribution in [2.75, 3.05) is 13.7 Å². The molecule has 0 fully saturated rings. The third kappa shape index (κ3) is 3.14. The first kappa shape index (κ1) is 14.8. The number of benzene rings is 1. The molecule has 0 aliphatic rings. The normalized spacial score (nSPS) is 12.1. The summed E-state index contributed by atoms with van der Waals surface area (Å²) in [6.07, 6.45) is 3.19. The zero-order valence-electron chi connectivity index (χ0n) is 12.2. The van der Waals surface area contributed by atoms with Crippen molar-refractivity contribution >= 4 is 5.57 Å². The van der Waals surface area contributed by atoms with Crippen LogP contribution in [0.25, 0.3) is 5.57 Å². The summed E-state index contributed by atoms with van der Waals surface area (Å²) in [6.45, 7) is 9.41. The Morgan fingerprint density at radius 1 is 1.28 bits per heavy atom. The fraction of sp³-hybridized carbons (Fsp3) is 0.500. The van der Waals surface area contributed by atoms with E-state index in [-0.39, 0.29) is 0 Å². The average Bonchev–Trinajstić information content (AvgIpc) is 2.34. The molecular weight excluding hydrogens is 222 g/mol. The molecule has 1 aromatic carbocycles. The van der Waals surface area contributed by atoms with E-state index in [0.717, 1.165) is 12.2 Å². The fourth-order valence-corrected chi connectivity index (χ4v) is 2.23. The molecule has 0 saturated heterocycles. The molecule has 0 aliphatic heterocycles. The van der Waals surface area contributed by atoms with Gasteiger partial charge in [0.25, 0.3) is 0 Å². The van der Waals surface area contributed by atoms with Crippen LogP contribution < -0.4 is 10.5 Å². The van der Waals surface area contributed by atoms with Crippen molar-refractivity contribution in [3.05, 3.63) is 34.9 Å². The summed E-state index contributed by atoms with van der Waals surface area (Å²) in [4.78, 5) is 0. The Labute approximate surface area is 111 Å². The summed E-state index contributed by atoms with van der Waals surface area (Å²) in [7, 11) is 1.72. The molecule has 0 aliphatic carbocycles. The maximum atomic E-state index is 5.60. The summed E-state index contributed by atoms with van der Waals surface area (Å²) >= 11 is 0. The van der Waals surface area contributed by atoms with Gasteiger partial charge in [0.1, 0.15) is 5.75 Å². The van der Waals surface area contributed by atoms with Crippen LogP contribution in [-0.4, -0.2) is 13.7 Å². The van der Waals surface area contributed by atoms with E-state index in [4.69, 9.17) is 10.5 Å². The van der Waals surface area contributed by atoms with Crippen LogP contribution in [0, 0.1) is 19.8 Å². The summed E-state index contributed by atoms with van der Waals surface area (Å²) < 4.78 is 5.36. The van der Waals surface area contributed by atoms with E-state index in [1.54, 1.807) is 7.11 Å². The third-order valence-corrected chi connectivity index (χ3v) is 3.42. The van der Waals surface area contributed by atoms with E-state index in [2.05, 4.69) is 45.9 Å². The minimum Gasteiger partial charge on any atom is -0.496 e. The predicted molar refractivity (Wildman–Crippen MR) is 79.0 cm³/mol. The molecule has 1 rings (SSSR count). The van der Waals surface area contributed by atoms with Crippen LogP contribution in [0.1, 0.15) is 37.0 Å². The number of hydrogen-bond acceptors (Lipinski definition) is 2. The second-order valence-corrected chi connectivity index (χ2v) is 4.96. The van der Waals surface area contributed by atoms with E-state index >= 15 is 0 Å². The van der Waals surface area contributed by atoms with Crippen molar-refractivity contribution in [1.82, 2.24) is 0 Å². The monoisotopic (exact) mass is 247 g/mol. The van der Waals surface area contributed by atoms with Gasteiger partial charge in [-0.3, -0.25) is 0 Å². The highest BCUT2D eigenvalue weighted by Crippen LogP contribution is 2.32. The van der Waals surface area contributed by atoms with Crippen LogP contribution in [0.5, 0.6) is 5.75 Å². The van der Waals surface area contributed by atoms with Gasteiger partial charge < -0.3 is 10.5 Å². The molecular formula is C16H25NO. The van der Waals surface area contributed by atoms with E-state index in [1.165, 1.54) is 22.3 Å². The zero-order valence-corrected chi connectivity index (χ0v) is 12.2. The van der Waals surface area contributed by atoms with Crippen LogP contribution in [-0.2, 0) is 0 Å². The molecule has 0 atom stereocenters. The number of hydrogen-bond donors (Lipinski definition) is 1. The summed E-state index contributed by atoms with van der Waals surface area (Å²) in [6, 6.07) is 4.21. The minimum absolute atomic E-state index is 0.503. The smallest absolute Gasteiger partial charge is 0.122 e. The lowest BCUT2D eigenvalue weighted by atomic mass is 9.89. The Kier molecular flexibility index (Phi) is 5.42. The lowest BCUT2D eigenvalue weighted by Gasteiger charge is -2.18. The summed E-state index contributed by atoms with van der Waals surface area (Å²) in [5.74, 6) is 1.46. The fourth-order valence-electron chi connectivity index (χ4n) is 2.23. The summed E-state index contributed by atoms with van der Waals surface area (Å²) in [5.41, 5.74) is 10.8. The maximum absolute atomic E-state index is 5.60. The molecule has 0 aromatic heterocycles. The molecule has 1 aromatic rings. The van der Waals surface area contributed by atoms with Gasteiger partial charge in [-0.15, -0.1) is 0 Å². The van der Waals surface area contributed by atoms with Crippen molar-refractivity contribution in [2.45, 2.75) is 34.1 Å². The zero-order chi connectivity index (χ0) is 13.7. The van der Waals surface area contributed by atoms with E-state index < -0.39 is 0 Å². The molecule has 0 bridgehead atoms. The van der Waals surface area contributed by atoms with Crippen LogP contribution in [0.2, 0.25) is 0 Å². The van der Waals surface area contributed by atoms with Gasteiger partial charge in [-0.25, -0.2) is 0 Å². The van der Waals surface area contributed by atoms with Gasteiger partial charge >= 0.3 is 0 Å². The Balaban J connectivity index is 3.26. The second-order valence-electron chi connectivity index (χ2n) is 4.96. The van der Waals surface area contributed by atoms with Gasteiger partial charge in [0.05, 0.1) is 7.11 Å². The van der Waals surface area contributed by atoms with E-state index in [9.17, 15) is 0 Å². The van der Waals surface area contributed by atoms with Crippen LogP contribution in [0.3, 0.4) is 0 Å². The quantitative estimate of drug-likeness (QED) is 0.861. The first-order valence-electron chi connectivity index (χ1n) is 6.57. The SMILES string of the molecule is COc1ccc(/C(=C/CCN)C(C)C)c(C)c1C. The number of nitrogens with two attached hydrogens (primary N) is 1. The Morgan fingerprint density at radius 2 is 1.94 bits per heavy atom. The Hall–Kier alpha value is -1.28. The molecule has 2 nitrogen and oxygen atoms in total. The summed E-state index contributed by atoms with van der Waals surface area (Å²) in [5, 5.41) is 0. The number of ether oxygens (including phenoxy) is 1. The Bertz CT molecular complexity index is 433. The van der Waals surface area contributed by atoms with E-state index in [0.29, 0.717) is 12.5 Å². The molecule has 0 amide bonds. The van der Waals surface area contributed by atoms with Crippen molar-refractivity contribution in [3.63, 3.8) is 0 Å². The first-order valence-corrected chi connectivity index (χ1v) is 6.57. The van der Waals surface area contributed by atoms with Gasteiger partial charge in [0, 0.05) is 0 Å². The standard InChI is InChI=1S/C16H25NO/c1-11(2)14(7-6-10-17)15-8-9-16(18-5)13(4)12(15)3/h7-9,11H,6,10,17H2,1-5H3/b14-7+. The lowest BCUT2D eigenvalue weighted by molar-refractivity contribution is 0.411. The lowest BCUT2D eigenvalue weighted by Crippen LogP contribution is -2.02. The predicted octanol–water partition coefficient (Wildman–Crippen LogP) is 3.70. The van der Waals surface area contributed by atoms with Crippen molar-refractivity contribution in [3.8, 4) is 5.75 Å². The van der Waals surface area contributed by atoms with Crippen molar-refractivity contribution < 1.29 is 4.74 Å². The van der Waals surface area contributed by atoms with Gasteiger partial charge in [0.15, 0.2) is 0 Å². The van der Waals surface area contributed by atoms with Crippen molar-refractivity contribution in [1.29, 1.82) is 0 Å². The van der Waals surface area contributed by atoms with Gasteiger partial charge in [-0.2, -0.15) is 0 Å². The largest absolute Gasteiger partial charge is 0.496 e. The van der Waals surface area contributed by atoms with Crippen molar-refractivity contribution in [2.24, 2.45) is 11.7 Å². The molecule has 0 unspecified atom stereocenters. The molecule has 2 heteroatoms. The first-order chi connectivity index (χ1) is 8.52. The molecule has 18 heavy (non-hydrogen) atoms. The van der Waals surface area contributed by atoms with Gasteiger partial charge in [-0.05, 0) is 61.1 Å².